The van der Waals surface area contributed by atoms with Crippen LogP contribution in [0.1, 0.15) is 36.5 Å². The Bertz CT molecular complexity index is 1340. The minimum absolute atomic E-state index is 0.212. The number of likely N-dealkylation sites (tertiary alicyclic amines) is 1. The van der Waals surface area contributed by atoms with Gasteiger partial charge in [-0.3, -0.25) is 9.88 Å². The van der Waals surface area contributed by atoms with Gasteiger partial charge in [0.1, 0.15) is 5.52 Å². The second-order valence-corrected chi connectivity index (χ2v) is 9.40. The SMILES string of the molecule is CNC1=CCC=CC(c2cccc(Nc3nccc4cc(CN5CCC(O)C5)cnc34)c2C)=C1C. The number of rotatable bonds is 6. The molecule has 35 heavy (non-hydrogen) atoms. The van der Waals surface area contributed by atoms with E-state index in [4.69, 9.17) is 4.98 Å². The molecular formula is C29H33N5O. The fourth-order valence-corrected chi connectivity index (χ4v) is 5.06. The first-order chi connectivity index (χ1) is 17.0. The van der Waals surface area contributed by atoms with Gasteiger partial charge in [0.05, 0.1) is 6.10 Å². The number of aromatic nitrogens is 2. The highest BCUT2D eigenvalue weighted by atomic mass is 16.3. The molecule has 5 rings (SSSR count). The van der Waals surface area contributed by atoms with Gasteiger partial charge in [0.25, 0.3) is 0 Å². The smallest absolute Gasteiger partial charge is 0.156 e. The highest BCUT2D eigenvalue weighted by molar-refractivity contribution is 5.91. The summed E-state index contributed by atoms with van der Waals surface area (Å²) in [6, 6.07) is 10.6. The number of aliphatic hydroxyl groups is 1. The number of nitrogens with zero attached hydrogens (tertiary/aromatic N) is 3. The van der Waals surface area contributed by atoms with Crippen molar-refractivity contribution in [2.75, 3.05) is 25.5 Å². The molecule has 6 nitrogen and oxygen atoms in total. The molecule has 6 heteroatoms. The molecule has 1 aliphatic carbocycles. The Kier molecular flexibility index (Phi) is 6.66. The Balaban J connectivity index is 1.45. The molecule has 3 N–H and O–H groups in total. The van der Waals surface area contributed by atoms with Gasteiger partial charge in [-0.15, -0.1) is 0 Å². The van der Waals surface area contributed by atoms with Crippen LogP contribution >= 0.6 is 0 Å². The standard InChI is InChI=1S/C29H33N5O/c1-19-24(7-4-5-9-26(19)30-3)25-8-6-10-27(20(25)2)33-29-28-22(11-13-31-29)15-21(16-32-28)17-34-14-12-23(35)18-34/h4,6-11,13,15-16,23,30,35H,5,12,14,17-18H2,1-3H3,(H,31,33). The van der Waals surface area contributed by atoms with Crippen molar-refractivity contribution in [3.63, 3.8) is 0 Å². The summed E-state index contributed by atoms with van der Waals surface area (Å²) in [6.45, 7) is 6.78. The summed E-state index contributed by atoms with van der Waals surface area (Å²) in [4.78, 5) is 11.7. The number of benzene rings is 1. The second kappa shape index (κ2) is 10.0. The molecule has 2 aromatic heterocycles. The van der Waals surface area contributed by atoms with Gasteiger partial charge >= 0.3 is 0 Å². The Morgan fingerprint density at radius 2 is 2.06 bits per heavy atom. The number of likely N-dealkylation sites (N-methyl/N-ethyl adjacent to an activating group) is 1. The molecule has 1 aliphatic heterocycles. The zero-order valence-corrected chi connectivity index (χ0v) is 20.7. The molecule has 1 aromatic carbocycles. The second-order valence-electron chi connectivity index (χ2n) is 9.40. The summed E-state index contributed by atoms with van der Waals surface area (Å²) in [5.41, 5.74) is 9.04. The van der Waals surface area contributed by atoms with Gasteiger partial charge in [0.2, 0.25) is 0 Å². The van der Waals surface area contributed by atoms with Crippen molar-refractivity contribution in [3.8, 4) is 0 Å². The minimum Gasteiger partial charge on any atom is -0.392 e. The fourth-order valence-electron chi connectivity index (χ4n) is 5.06. The maximum atomic E-state index is 9.82. The zero-order chi connectivity index (χ0) is 24.4. The third kappa shape index (κ3) is 4.85. The third-order valence-electron chi connectivity index (χ3n) is 7.01. The number of hydrogen-bond acceptors (Lipinski definition) is 6. The molecule has 1 atom stereocenters. The van der Waals surface area contributed by atoms with Gasteiger partial charge in [-0.05, 0) is 72.7 Å². The van der Waals surface area contributed by atoms with Crippen LogP contribution in [0.3, 0.4) is 0 Å². The van der Waals surface area contributed by atoms with Gasteiger partial charge in [-0.25, -0.2) is 4.98 Å². The first-order valence-corrected chi connectivity index (χ1v) is 12.3. The molecule has 0 radical (unpaired) electrons. The molecule has 1 unspecified atom stereocenters. The molecule has 3 heterocycles. The Morgan fingerprint density at radius 1 is 1.17 bits per heavy atom. The summed E-state index contributed by atoms with van der Waals surface area (Å²) in [7, 11) is 1.97. The summed E-state index contributed by atoms with van der Waals surface area (Å²) >= 11 is 0. The quantitative estimate of drug-likeness (QED) is 0.469. The predicted octanol–water partition coefficient (Wildman–Crippen LogP) is 5.09. The molecule has 180 valence electrons. The van der Waals surface area contributed by atoms with Crippen LogP contribution in [0.15, 0.2) is 72.2 Å². The Labute approximate surface area is 207 Å². The van der Waals surface area contributed by atoms with E-state index in [9.17, 15) is 5.11 Å². The van der Waals surface area contributed by atoms with Crippen molar-refractivity contribution in [1.82, 2.24) is 20.2 Å². The number of fused-ring (bicyclic) bond motifs is 1. The summed E-state index contributed by atoms with van der Waals surface area (Å²) in [5.74, 6) is 0.754. The van der Waals surface area contributed by atoms with Crippen molar-refractivity contribution in [1.29, 1.82) is 0 Å². The summed E-state index contributed by atoms with van der Waals surface area (Å²) < 4.78 is 0. The highest BCUT2D eigenvalue weighted by Crippen LogP contribution is 2.33. The van der Waals surface area contributed by atoms with E-state index < -0.39 is 0 Å². The molecule has 3 aromatic rings. The number of β-amino-alcohol motifs (C(OH)–C–C–N with tert-alkyl or cyclic N) is 1. The average molecular weight is 468 g/mol. The van der Waals surface area contributed by atoms with Crippen LogP contribution in [0.5, 0.6) is 0 Å². The third-order valence-corrected chi connectivity index (χ3v) is 7.01. The van der Waals surface area contributed by atoms with Crippen LogP contribution < -0.4 is 10.6 Å². The van der Waals surface area contributed by atoms with E-state index in [0.717, 1.165) is 60.4 Å². The van der Waals surface area contributed by atoms with Crippen LogP contribution in [0.25, 0.3) is 16.5 Å². The first kappa shape index (κ1) is 23.3. The molecule has 0 saturated carbocycles. The summed E-state index contributed by atoms with van der Waals surface area (Å²) in [6.07, 6.45) is 12.0. The van der Waals surface area contributed by atoms with Gasteiger partial charge < -0.3 is 15.7 Å². The minimum atomic E-state index is -0.212. The highest BCUT2D eigenvalue weighted by Gasteiger charge is 2.20. The van der Waals surface area contributed by atoms with Gasteiger partial charge in [0, 0.05) is 55.8 Å². The maximum absolute atomic E-state index is 9.82. The Hall–Kier alpha value is -3.48. The molecule has 1 saturated heterocycles. The van der Waals surface area contributed by atoms with E-state index in [1.807, 2.05) is 25.5 Å². The van der Waals surface area contributed by atoms with Crippen molar-refractivity contribution >= 4 is 28.0 Å². The van der Waals surface area contributed by atoms with E-state index in [2.05, 4.69) is 76.9 Å². The number of allylic oxidation sites excluding steroid dienone is 5. The first-order valence-electron chi connectivity index (χ1n) is 12.3. The topological polar surface area (TPSA) is 73.3 Å². The van der Waals surface area contributed by atoms with E-state index in [0.29, 0.717) is 0 Å². The molecule has 0 spiro atoms. The Morgan fingerprint density at radius 3 is 2.86 bits per heavy atom. The normalized spacial score (nSPS) is 18.6. The molecule has 1 fully saturated rings. The summed E-state index contributed by atoms with van der Waals surface area (Å²) in [5, 5.41) is 17.8. The van der Waals surface area contributed by atoms with Crippen molar-refractivity contribution in [2.45, 2.75) is 39.3 Å². The number of aliphatic hydroxyl groups excluding tert-OH is 1. The van der Waals surface area contributed by atoms with Crippen LogP contribution in [-0.4, -0.2) is 46.2 Å². The largest absolute Gasteiger partial charge is 0.392 e. The van der Waals surface area contributed by atoms with E-state index in [1.165, 1.54) is 28.0 Å². The van der Waals surface area contributed by atoms with Crippen molar-refractivity contribution in [2.24, 2.45) is 0 Å². The number of anilines is 2. The monoisotopic (exact) mass is 467 g/mol. The van der Waals surface area contributed by atoms with Crippen molar-refractivity contribution < 1.29 is 5.11 Å². The lowest BCUT2D eigenvalue weighted by Crippen LogP contribution is -2.21. The van der Waals surface area contributed by atoms with E-state index in [1.54, 1.807) is 0 Å². The molecule has 2 aliphatic rings. The molecule has 0 bridgehead atoms. The van der Waals surface area contributed by atoms with Gasteiger partial charge in [0.15, 0.2) is 5.82 Å². The fraction of sp³-hybridized carbons (Fsp3) is 0.310. The lowest BCUT2D eigenvalue weighted by molar-refractivity contribution is 0.175. The van der Waals surface area contributed by atoms with Gasteiger partial charge in [-0.1, -0.05) is 30.4 Å². The van der Waals surface area contributed by atoms with Crippen LogP contribution in [0.2, 0.25) is 0 Å². The molecule has 0 amide bonds. The lowest BCUT2D eigenvalue weighted by Gasteiger charge is -2.17. The van der Waals surface area contributed by atoms with E-state index in [-0.39, 0.29) is 6.10 Å². The maximum Gasteiger partial charge on any atom is 0.156 e. The molecular weight excluding hydrogens is 434 g/mol. The zero-order valence-electron chi connectivity index (χ0n) is 20.7. The lowest BCUT2D eigenvalue weighted by atomic mass is 9.94. The van der Waals surface area contributed by atoms with Crippen LogP contribution in [0, 0.1) is 6.92 Å². The predicted molar refractivity (Wildman–Crippen MR) is 143 cm³/mol. The number of hydrogen-bond donors (Lipinski definition) is 3. The van der Waals surface area contributed by atoms with Gasteiger partial charge in [-0.2, -0.15) is 0 Å². The van der Waals surface area contributed by atoms with Crippen molar-refractivity contribution in [3.05, 3.63) is 88.9 Å². The van der Waals surface area contributed by atoms with Crippen LogP contribution in [-0.2, 0) is 6.54 Å². The number of nitrogens with one attached hydrogen (secondary N) is 2. The van der Waals surface area contributed by atoms with Crippen LogP contribution in [0.4, 0.5) is 11.5 Å². The number of pyridine rings is 2. The van der Waals surface area contributed by atoms with E-state index >= 15 is 0 Å². The average Bonchev–Trinajstić information content (AvgIpc) is 3.17.